The molecule has 0 radical (unpaired) electrons. The standard InChI is InChI=1S/C14H16N4O3.2ClH/c19-13(18-14-17-7-8-20-14)12-11(4-2-6-16-12)21-9-10-3-1-5-15-10;;/h2,4,6-8,10,15H,1,3,5,9H2,(H,17,18,19);2*1H/t10-;;/m1../s1. The Morgan fingerprint density at radius 1 is 1.39 bits per heavy atom. The molecule has 0 bridgehead atoms. The molecular formula is C14H18Cl2N4O3. The van der Waals surface area contributed by atoms with E-state index in [4.69, 9.17) is 9.15 Å². The Morgan fingerprint density at radius 2 is 2.26 bits per heavy atom. The van der Waals surface area contributed by atoms with E-state index < -0.39 is 5.91 Å². The van der Waals surface area contributed by atoms with E-state index in [0.29, 0.717) is 18.4 Å². The van der Waals surface area contributed by atoms with Gasteiger partial charge in [-0.1, -0.05) is 0 Å². The van der Waals surface area contributed by atoms with Crippen LogP contribution in [0, 0.1) is 0 Å². The lowest BCUT2D eigenvalue weighted by Gasteiger charge is -2.13. The Morgan fingerprint density at radius 3 is 2.96 bits per heavy atom. The number of ether oxygens (including phenoxy) is 1. The first-order valence-electron chi connectivity index (χ1n) is 6.85. The molecule has 0 spiro atoms. The lowest BCUT2D eigenvalue weighted by atomic mass is 10.2. The highest BCUT2D eigenvalue weighted by atomic mass is 35.5. The minimum atomic E-state index is -0.410. The lowest BCUT2D eigenvalue weighted by molar-refractivity contribution is 0.101. The van der Waals surface area contributed by atoms with Crippen LogP contribution in [0.25, 0.3) is 0 Å². The fourth-order valence-electron chi connectivity index (χ4n) is 2.21. The van der Waals surface area contributed by atoms with Crippen molar-refractivity contribution < 1.29 is 13.9 Å². The van der Waals surface area contributed by atoms with Crippen molar-refractivity contribution in [2.24, 2.45) is 0 Å². The van der Waals surface area contributed by atoms with Gasteiger partial charge in [-0.05, 0) is 31.5 Å². The second-order valence-corrected chi connectivity index (χ2v) is 4.75. The maximum atomic E-state index is 12.2. The van der Waals surface area contributed by atoms with E-state index in [1.54, 1.807) is 18.3 Å². The summed E-state index contributed by atoms with van der Waals surface area (Å²) in [5.74, 6) is 0.0442. The highest BCUT2D eigenvalue weighted by Gasteiger charge is 2.19. The Hall–Kier alpha value is -1.83. The maximum Gasteiger partial charge on any atom is 0.301 e. The van der Waals surface area contributed by atoms with Crippen molar-refractivity contribution in [3.63, 3.8) is 0 Å². The van der Waals surface area contributed by atoms with Gasteiger partial charge in [0.15, 0.2) is 11.4 Å². The van der Waals surface area contributed by atoms with Crippen LogP contribution in [0.5, 0.6) is 5.75 Å². The monoisotopic (exact) mass is 360 g/mol. The van der Waals surface area contributed by atoms with Crippen LogP contribution in [0.15, 0.2) is 35.2 Å². The van der Waals surface area contributed by atoms with Crippen LogP contribution < -0.4 is 15.4 Å². The largest absolute Gasteiger partial charge is 0.489 e. The molecule has 1 aliphatic heterocycles. The Labute approximate surface area is 146 Å². The van der Waals surface area contributed by atoms with Crippen LogP contribution >= 0.6 is 24.8 Å². The number of nitrogens with one attached hydrogen (secondary N) is 2. The molecule has 1 fully saturated rings. The second kappa shape index (κ2) is 9.34. The number of carbonyl (C=O) groups excluding carboxylic acids is 1. The second-order valence-electron chi connectivity index (χ2n) is 4.75. The Bertz CT molecular complexity index is 604. The van der Waals surface area contributed by atoms with E-state index in [-0.39, 0.29) is 36.5 Å². The van der Waals surface area contributed by atoms with E-state index in [1.165, 1.54) is 12.5 Å². The lowest BCUT2D eigenvalue weighted by Crippen LogP contribution is -2.28. The molecule has 2 aromatic rings. The fourth-order valence-corrected chi connectivity index (χ4v) is 2.21. The molecule has 3 rings (SSSR count). The van der Waals surface area contributed by atoms with Gasteiger partial charge in [0.1, 0.15) is 12.9 Å². The number of anilines is 1. The molecule has 0 aliphatic carbocycles. The van der Waals surface area contributed by atoms with Gasteiger partial charge in [0.25, 0.3) is 5.91 Å². The molecular weight excluding hydrogens is 343 g/mol. The van der Waals surface area contributed by atoms with E-state index in [1.807, 2.05) is 0 Å². The van der Waals surface area contributed by atoms with Gasteiger partial charge in [0.2, 0.25) is 0 Å². The van der Waals surface area contributed by atoms with Crippen LogP contribution in [0.2, 0.25) is 0 Å². The van der Waals surface area contributed by atoms with Gasteiger partial charge >= 0.3 is 6.01 Å². The number of carbonyl (C=O) groups is 1. The number of hydrogen-bond acceptors (Lipinski definition) is 6. The first-order valence-corrected chi connectivity index (χ1v) is 6.85. The van der Waals surface area contributed by atoms with Gasteiger partial charge in [-0.25, -0.2) is 9.97 Å². The van der Waals surface area contributed by atoms with E-state index in [0.717, 1.165) is 19.4 Å². The topological polar surface area (TPSA) is 89.3 Å². The third kappa shape index (κ3) is 5.09. The summed E-state index contributed by atoms with van der Waals surface area (Å²) in [5.41, 5.74) is 0.216. The number of hydrogen-bond donors (Lipinski definition) is 2. The first-order chi connectivity index (χ1) is 10.3. The van der Waals surface area contributed by atoms with Gasteiger partial charge in [0, 0.05) is 12.2 Å². The van der Waals surface area contributed by atoms with Gasteiger partial charge in [-0.3, -0.25) is 10.1 Å². The summed E-state index contributed by atoms with van der Waals surface area (Å²) in [5, 5.41) is 5.87. The van der Waals surface area contributed by atoms with E-state index in [2.05, 4.69) is 20.6 Å². The zero-order valence-corrected chi connectivity index (χ0v) is 13.9. The maximum absolute atomic E-state index is 12.2. The van der Waals surface area contributed by atoms with Crippen LogP contribution in [0.4, 0.5) is 6.01 Å². The highest BCUT2D eigenvalue weighted by molar-refractivity contribution is 6.03. The molecule has 0 unspecified atom stereocenters. The molecule has 2 aromatic heterocycles. The summed E-state index contributed by atoms with van der Waals surface area (Å²) in [6.07, 6.45) is 6.62. The fraction of sp³-hybridized carbons (Fsp3) is 0.357. The van der Waals surface area contributed by atoms with Crippen molar-refractivity contribution in [1.82, 2.24) is 15.3 Å². The van der Waals surface area contributed by atoms with Crippen molar-refractivity contribution in [2.75, 3.05) is 18.5 Å². The quantitative estimate of drug-likeness (QED) is 0.850. The Kier molecular flexibility index (Phi) is 7.80. The highest BCUT2D eigenvalue weighted by Crippen LogP contribution is 2.18. The first kappa shape index (κ1) is 19.2. The molecule has 3 heterocycles. The van der Waals surface area contributed by atoms with Crippen molar-refractivity contribution in [1.29, 1.82) is 0 Å². The Balaban J connectivity index is 0.00000132. The number of rotatable bonds is 5. The summed E-state index contributed by atoms with van der Waals surface area (Å²) < 4.78 is 10.7. The van der Waals surface area contributed by atoms with Gasteiger partial charge in [-0.2, -0.15) is 0 Å². The molecule has 2 N–H and O–H groups in total. The van der Waals surface area contributed by atoms with Crippen molar-refractivity contribution in [3.05, 3.63) is 36.5 Å². The predicted molar refractivity (Wildman–Crippen MR) is 89.7 cm³/mol. The van der Waals surface area contributed by atoms with Crippen LogP contribution in [0.3, 0.4) is 0 Å². The molecule has 126 valence electrons. The van der Waals surface area contributed by atoms with Crippen molar-refractivity contribution >= 4 is 36.7 Å². The smallest absolute Gasteiger partial charge is 0.301 e. The van der Waals surface area contributed by atoms with E-state index >= 15 is 0 Å². The molecule has 1 amide bonds. The van der Waals surface area contributed by atoms with Gasteiger partial charge < -0.3 is 14.5 Å². The van der Waals surface area contributed by atoms with Gasteiger partial charge in [-0.15, -0.1) is 24.8 Å². The van der Waals surface area contributed by atoms with Crippen LogP contribution in [-0.2, 0) is 0 Å². The number of halogens is 2. The molecule has 1 atom stereocenters. The summed E-state index contributed by atoms with van der Waals surface area (Å²) in [6.45, 7) is 1.53. The molecule has 1 saturated heterocycles. The van der Waals surface area contributed by atoms with Gasteiger partial charge in [0.05, 0.1) is 6.20 Å². The summed E-state index contributed by atoms with van der Waals surface area (Å²) in [7, 11) is 0. The minimum Gasteiger partial charge on any atom is -0.489 e. The summed E-state index contributed by atoms with van der Waals surface area (Å²) in [4.78, 5) is 20.1. The molecule has 0 aromatic carbocycles. The van der Waals surface area contributed by atoms with Crippen molar-refractivity contribution in [3.8, 4) is 5.75 Å². The average Bonchev–Trinajstić information content (AvgIpc) is 3.18. The molecule has 9 heteroatoms. The molecule has 0 saturated carbocycles. The number of nitrogens with zero attached hydrogens (tertiary/aromatic N) is 2. The third-order valence-corrected chi connectivity index (χ3v) is 3.24. The molecule has 1 aliphatic rings. The number of pyridine rings is 1. The van der Waals surface area contributed by atoms with Crippen LogP contribution in [0.1, 0.15) is 23.3 Å². The normalized spacial score (nSPS) is 16.1. The minimum absolute atomic E-state index is 0. The number of aromatic nitrogens is 2. The zero-order valence-electron chi connectivity index (χ0n) is 12.2. The SMILES string of the molecule is Cl.Cl.O=C(Nc1ncco1)c1ncccc1OC[C@H]1CCCN1. The molecule has 23 heavy (non-hydrogen) atoms. The van der Waals surface area contributed by atoms with Crippen LogP contribution in [-0.4, -0.2) is 35.1 Å². The summed E-state index contributed by atoms with van der Waals surface area (Å²) >= 11 is 0. The number of oxazole rings is 1. The predicted octanol–water partition coefficient (Wildman–Crippen LogP) is 2.30. The number of amides is 1. The average molecular weight is 361 g/mol. The zero-order chi connectivity index (χ0) is 14.5. The summed E-state index contributed by atoms with van der Waals surface area (Å²) in [6, 6.07) is 3.92. The molecule has 7 nitrogen and oxygen atoms in total. The van der Waals surface area contributed by atoms with E-state index in [9.17, 15) is 4.79 Å². The third-order valence-electron chi connectivity index (χ3n) is 3.24. The van der Waals surface area contributed by atoms with Crippen molar-refractivity contribution in [2.45, 2.75) is 18.9 Å².